The van der Waals surface area contributed by atoms with Gasteiger partial charge >= 0.3 is 5.97 Å². The quantitative estimate of drug-likeness (QED) is 0.683. The van der Waals surface area contributed by atoms with Crippen molar-refractivity contribution in [3.05, 3.63) is 0 Å². The van der Waals surface area contributed by atoms with Crippen LogP contribution in [-0.4, -0.2) is 25.7 Å². The van der Waals surface area contributed by atoms with Crippen molar-refractivity contribution in [3.8, 4) is 0 Å². The maximum atomic E-state index is 11.1. The van der Waals surface area contributed by atoms with Crippen molar-refractivity contribution in [1.29, 1.82) is 0 Å². The van der Waals surface area contributed by atoms with Gasteiger partial charge in [0.25, 0.3) is 0 Å². The van der Waals surface area contributed by atoms with Crippen molar-refractivity contribution < 1.29 is 9.53 Å². The third-order valence-corrected chi connectivity index (χ3v) is 3.21. The van der Waals surface area contributed by atoms with Crippen LogP contribution in [0.15, 0.2) is 0 Å². The van der Waals surface area contributed by atoms with Gasteiger partial charge in [0, 0.05) is 12.6 Å². The molecule has 0 aromatic carbocycles. The summed E-state index contributed by atoms with van der Waals surface area (Å²) in [6.45, 7) is 4.82. The highest BCUT2D eigenvalue weighted by atomic mass is 16.5. The summed E-state index contributed by atoms with van der Waals surface area (Å²) in [6.07, 6.45) is 4.03. The van der Waals surface area contributed by atoms with Crippen LogP contribution in [-0.2, 0) is 9.53 Å². The van der Waals surface area contributed by atoms with Gasteiger partial charge in [-0.1, -0.05) is 13.3 Å². The van der Waals surface area contributed by atoms with Gasteiger partial charge in [0.15, 0.2) is 0 Å². The summed E-state index contributed by atoms with van der Waals surface area (Å²) in [7, 11) is 1.44. The summed E-state index contributed by atoms with van der Waals surface area (Å²) in [6, 6.07) is 0.538. The molecule has 3 heteroatoms. The Kier molecular flexibility index (Phi) is 4.39. The second-order valence-electron chi connectivity index (χ2n) is 4.31. The SMILES string of the molecule is COC(=O)C(C)CNC(C)C1CCC1. The van der Waals surface area contributed by atoms with Crippen LogP contribution in [0.25, 0.3) is 0 Å². The number of rotatable bonds is 5. The molecule has 14 heavy (non-hydrogen) atoms. The molecule has 1 fully saturated rings. The predicted molar refractivity (Wildman–Crippen MR) is 56.0 cm³/mol. The summed E-state index contributed by atoms with van der Waals surface area (Å²) in [5, 5.41) is 3.40. The summed E-state index contributed by atoms with van der Waals surface area (Å²) < 4.78 is 4.67. The van der Waals surface area contributed by atoms with Gasteiger partial charge in [0.1, 0.15) is 0 Å². The van der Waals surface area contributed by atoms with Crippen LogP contribution < -0.4 is 5.32 Å². The minimum Gasteiger partial charge on any atom is -0.469 e. The minimum atomic E-state index is -0.127. The maximum absolute atomic E-state index is 11.1. The van der Waals surface area contributed by atoms with E-state index in [0.29, 0.717) is 6.04 Å². The van der Waals surface area contributed by atoms with Gasteiger partial charge < -0.3 is 10.1 Å². The van der Waals surface area contributed by atoms with E-state index < -0.39 is 0 Å². The van der Waals surface area contributed by atoms with Crippen molar-refractivity contribution in [1.82, 2.24) is 5.32 Å². The van der Waals surface area contributed by atoms with Crippen LogP contribution in [0.2, 0.25) is 0 Å². The van der Waals surface area contributed by atoms with Crippen LogP contribution in [0.3, 0.4) is 0 Å². The molecule has 1 aliphatic carbocycles. The number of carbonyl (C=O) groups excluding carboxylic acids is 1. The predicted octanol–water partition coefficient (Wildman–Crippen LogP) is 1.57. The van der Waals surface area contributed by atoms with E-state index in [1.54, 1.807) is 0 Å². The second-order valence-corrected chi connectivity index (χ2v) is 4.31. The maximum Gasteiger partial charge on any atom is 0.309 e. The zero-order valence-corrected chi connectivity index (χ0v) is 9.38. The Morgan fingerprint density at radius 2 is 2.14 bits per heavy atom. The lowest BCUT2D eigenvalue weighted by Crippen LogP contribution is -2.40. The molecule has 0 heterocycles. The molecule has 2 unspecified atom stereocenters. The van der Waals surface area contributed by atoms with E-state index in [-0.39, 0.29) is 11.9 Å². The molecule has 0 spiro atoms. The Labute approximate surface area is 86.2 Å². The third kappa shape index (κ3) is 2.98. The summed E-state index contributed by atoms with van der Waals surface area (Å²) >= 11 is 0. The Morgan fingerprint density at radius 1 is 1.50 bits per heavy atom. The Hall–Kier alpha value is -0.570. The number of methoxy groups -OCH3 is 1. The van der Waals surface area contributed by atoms with E-state index in [9.17, 15) is 4.79 Å². The molecule has 1 saturated carbocycles. The molecule has 82 valence electrons. The van der Waals surface area contributed by atoms with Gasteiger partial charge in [0.2, 0.25) is 0 Å². The fraction of sp³-hybridized carbons (Fsp3) is 0.909. The number of ether oxygens (including phenoxy) is 1. The van der Waals surface area contributed by atoms with Crippen LogP contribution in [0, 0.1) is 11.8 Å². The lowest BCUT2D eigenvalue weighted by atomic mass is 9.80. The molecule has 1 rings (SSSR count). The molecule has 1 aliphatic rings. The highest BCUT2D eigenvalue weighted by Crippen LogP contribution is 2.29. The lowest BCUT2D eigenvalue weighted by molar-refractivity contribution is -0.144. The lowest BCUT2D eigenvalue weighted by Gasteiger charge is -2.32. The van der Waals surface area contributed by atoms with Gasteiger partial charge in [-0.25, -0.2) is 0 Å². The summed E-state index contributed by atoms with van der Waals surface area (Å²) in [4.78, 5) is 11.1. The number of carbonyl (C=O) groups is 1. The van der Waals surface area contributed by atoms with Gasteiger partial charge in [-0.15, -0.1) is 0 Å². The highest BCUT2D eigenvalue weighted by molar-refractivity contribution is 5.72. The molecule has 0 aromatic rings. The molecule has 0 aliphatic heterocycles. The van der Waals surface area contributed by atoms with Crippen LogP contribution in [0.1, 0.15) is 33.1 Å². The van der Waals surface area contributed by atoms with Gasteiger partial charge in [0.05, 0.1) is 13.0 Å². The molecule has 3 nitrogen and oxygen atoms in total. The van der Waals surface area contributed by atoms with Crippen LogP contribution >= 0.6 is 0 Å². The third-order valence-electron chi connectivity index (χ3n) is 3.21. The van der Waals surface area contributed by atoms with Crippen molar-refractivity contribution in [2.24, 2.45) is 11.8 Å². The van der Waals surface area contributed by atoms with E-state index >= 15 is 0 Å². The summed E-state index contributed by atoms with van der Waals surface area (Å²) in [5.74, 6) is 0.653. The van der Waals surface area contributed by atoms with E-state index in [1.165, 1.54) is 26.4 Å². The molecule has 0 radical (unpaired) electrons. The summed E-state index contributed by atoms with van der Waals surface area (Å²) in [5.41, 5.74) is 0. The fourth-order valence-electron chi connectivity index (χ4n) is 1.75. The molecular formula is C11H21NO2. The average molecular weight is 199 g/mol. The highest BCUT2D eigenvalue weighted by Gasteiger charge is 2.24. The Morgan fingerprint density at radius 3 is 2.57 bits per heavy atom. The van der Waals surface area contributed by atoms with Crippen molar-refractivity contribution >= 4 is 5.97 Å². The van der Waals surface area contributed by atoms with Crippen LogP contribution in [0.5, 0.6) is 0 Å². The van der Waals surface area contributed by atoms with E-state index in [1.807, 2.05) is 6.92 Å². The monoisotopic (exact) mass is 199 g/mol. The van der Waals surface area contributed by atoms with Gasteiger partial charge in [-0.05, 0) is 25.7 Å². The second kappa shape index (κ2) is 5.35. The molecule has 0 saturated heterocycles. The Bertz CT molecular complexity index is 190. The van der Waals surface area contributed by atoms with E-state index in [4.69, 9.17) is 0 Å². The normalized spacial score (nSPS) is 21.1. The fourth-order valence-corrected chi connectivity index (χ4v) is 1.75. The first-order valence-electron chi connectivity index (χ1n) is 5.46. The molecule has 2 atom stereocenters. The first kappa shape index (κ1) is 11.5. The smallest absolute Gasteiger partial charge is 0.309 e. The largest absolute Gasteiger partial charge is 0.469 e. The topological polar surface area (TPSA) is 38.3 Å². The van der Waals surface area contributed by atoms with Crippen molar-refractivity contribution in [3.63, 3.8) is 0 Å². The van der Waals surface area contributed by atoms with Crippen molar-refractivity contribution in [2.75, 3.05) is 13.7 Å². The first-order chi connectivity index (χ1) is 6.65. The number of esters is 1. The molecule has 1 N–H and O–H groups in total. The number of hydrogen-bond donors (Lipinski definition) is 1. The van der Waals surface area contributed by atoms with Gasteiger partial charge in [-0.2, -0.15) is 0 Å². The average Bonchev–Trinajstić information content (AvgIpc) is 2.10. The number of nitrogens with one attached hydrogen (secondary N) is 1. The van der Waals surface area contributed by atoms with Crippen molar-refractivity contribution in [2.45, 2.75) is 39.2 Å². The zero-order chi connectivity index (χ0) is 10.6. The first-order valence-corrected chi connectivity index (χ1v) is 5.46. The molecule has 0 amide bonds. The molecule has 0 bridgehead atoms. The van der Waals surface area contributed by atoms with E-state index in [0.717, 1.165) is 12.5 Å². The number of hydrogen-bond acceptors (Lipinski definition) is 3. The molecular weight excluding hydrogens is 178 g/mol. The van der Waals surface area contributed by atoms with Crippen LogP contribution in [0.4, 0.5) is 0 Å². The van der Waals surface area contributed by atoms with Gasteiger partial charge in [-0.3, -0.25) is 4.79 Å². The zero-order valence-electron chi connectivity index (χ0n) is 9.38. The standard InChI is InChI=1S/C11H21NO2/c1-8(11(13)14-3)7-12-9(2)10-5-4-6-10/h8-10,12H,4-7H2,1-3H3. The van der Waals surface area contributed by atoms with E-state index in [2.05, 4.69) is 17.0 Å². The minimum absolute atomic E-state index is 0.0393. The molecule has 0 aromatic heterocycles. The Balaban J connectivity index is 2.15.